The normalized spacial score (nSPS) is 11.9. The Morgan fingerprint density at radius 3 is 2.62 bits per heavy atom. The predicted octanol–water partition coefficient (Wildman–Crippen LogP) is 3.71. The van der Waals surface area contributed by atoms with Crippen LogP contribution in [-0.4, -0.2) is 19.4 Å². The summed E-state index contributed by atoms with van der Waals surface area (Å²) in [6, 6.07) is 8.90. The molecule has 0 amide bonds. The van der Waals surface area contributed by atoms with Gasteiger partial charge in [0.05, 0.1) is 10.9 Å². The lowest BCUT2D eigenvalue weighted by atomic mass is 10.2. The summed E-state index contributed by atoms with van der Waals surface area (Å²) in [6.45, 7) is 0. The van der Waals surface area contributed by atoms with Gasteiger partial charge in [0.25, 0.3) is 0 Å². The second-order valence-corrected chi connectivity index (χ2v) is 6.35. The van der Waals surface area contributed by atoms with Gasteiger partial charge in [0.1, 0.15) is 0 Å². The fraction of sp³-hybridized carbons (Fsp3) is 0.100. The van der Waals surface area contributed by atoms with E-state index >= 15 is 0 Å². The lowest BCUT2D eigenvalue weighted by molar-refractivity contribution is 0.485. The first-order valence-electron chi connectivity index (χ1n) is 4.59. The lowest BCUT2D eigenvalue weighted by Crippen LogP contribution is -2.18. The van der Waals surface area contributed by atoms with Gasteiger partial charge < -0.3 is 0 Å². The van der Waals surface area contributed by atoms with E-state index in [1.165, 1.54) is 0 Å². The van der Waals surface area contributed by atoms with Gasteiger partial charge in [-0.05, 0) is 12.1 Å². The molecule has 0 N–H and O–H groups in total. The number of hydrogen-bond acceptors (Lipinski definition) is 2. The molecule has 0 unspecified atom stereocenters. The molecule has 0 atom stereocenters. The standard InChI is InChI=1S/C10H8F3NSSi/c11-16(12,13)7-15-9-5-1-3-8-4-2-6-14-10(8)9/h1-6H,7H2. The topological polar surface area (TPSA) is 12.9 Å². The molecule has 16 heavy (non-hydrogen) atoms. The van der Waals surface area contributed by atoms with Crippen molar-refractivity contribution in [2.45, 2.75) is 4.90 Å². The van der Waals surface area contributed by atoms with Gasteiger partial charge in [-0.3, -0.25) is 4.98 Å². The highest BCUT2D eigenvalue weighted by Crippen LogP contribution is 2.29. The van der Waals surface area contributed by atoms with Gasteiger partial charge >= 0.3 is 9.08 Å². The number of rotatable bonds is 3. The van der Waals surface area contributed by atoms with E-state index in [9.17, 15) is 12.3 Å². The molecule has 0 radical (unpaired) electrons. The molecule has 1 aromatic carbocycles. The van der Waals surface area contributed by atoms with Crippen molar-refractivity contribution in [3.63, 3.8) is 0 Å². The van der Waals surface area contributed by atoms with Crippen LogP contribution in [-0.2, 0) is 0 Å². The van der Waals surface area contributed by atoms with Crippen LogP contribution in [0.25, 0.3) is 10.9 Å². The van der Waals surface area contributed by atoms with E-state index in [2.05, 4.69) is 4.98 Å². The Morgan fingerprint density at radius 2 is 1.88 bits per heavy atom. The maximum Gasteiger partial charge on any atom is 0.626 e. The third-order valence-corrected chi connectivity index (χ3v) is 4.51. The van der Waals surface area contributed by atoms with Crippen LogP contribution >= 0.6 is 11.8 Å². The van der Waals surface area contributed by atoms with Crippen LogP contribution in [0.4, 0.5) is 12.3 Å². The molecule has 0 aliphatic carbocycles. The third-order valence-electron chi connectivity index (χ3n) is 1.99. The van der Waals surface area contributed by atoms with Crippen molar-refractivity contribution in [1.82, 2.24) is 4.98 Å². The van der Waals surface area contributed by atoms with Crippen LogP contribution in [0.15, 0.2) is 41.4 Å². The lowest BCUT2D eigenvalue weighted by Gasteiger charge is -2.05. The largest absolute Gasteiger partial charge is 0.626 e. The number of hydrogen-bond donors (Lipinski definition) is 0. The van der Waals surface area contributed by atoms with Gasteiger partial charge in [0.2, 0.25) is 0 Å². The number of halogens is 3. The summed E-state index contributed by atoms with van der Waals surface area (Å²) in [4.78, 5) is 4.71. The van der Waals surface area contributed by atoms with Crippen molar-refractivity contribution < 1.29 is 12.3 Å². The van der Waals surface area contributed by atoms with Crippen molar-refractivity contribution in [2.24, 2.45) is 0 Å². The minimum absolute atomic E-state index is 0.600. The minimum Gasteiger partial charge on any atom is -0.255 e. The fourth-order valence-electron chi connectivity index (χ4n) is 1.35. The van der Waals surface area contributed by atoms with E-state index in [1.807, 2.05) is 12.1 Å². The minimum atomic E-state index is -5.49. The van der Waals surface area contributed by atoms with Crippen molar-refractivity contribution in [3.05, 3.63) is 36.5 Å². The molecule has 84 valence electrons. The average Bonchev–Trinajstić information content (AvgIpc) is 2.25. The Bertz CT molecular complexity index is 495. The number of thioether (sulfide) groups is 1. The number of para-hydroxylation sites is 1. The Kier molecular flexibility index (Phi) is 3.20. The number of fused-ring (bicyclic) bond motifs is 1. The highest BCUT2D eigenvalue weighted by molar-refractivity contribution is 8.01. The van der Waals surface area contributed by atoms with Crippen molar-refractivity contribution >= 4 is 31.7 Å². The Labute approximate surface area is 96.2 Å². The Balaban J connectivity index is 2.30. The first-order valence-corrected chi connectivity index (χ1v) is 7.42. The monoisotopic (exact) mass is 259 g/mol. The zero-order valence-electron chi connectivity index (χ0n) is 8.16. The predicted molar refractivity (Wildman–Crippen MR) is 61.5 cm³/mol. The zero-order valence-corrected chi connectivity index (χ0v) is 9.98. The highest BCUT2D eigenvalue weighted by Gasteiger charge is 2.36. The smallest absolute Gasteiger partial charge is 0.255 e. The molecule has 2 rings (SSSR count). The molecule has 0 saturated carbocycles. The molecular formula is C10H8F3NSSi. The third kappa shape index (κ3) is 2.76. The Hall–Kier alpha value is -1.01. The second kappa shape index (κ2) is 4.46. The van der Waals surface area contributed by atoms with Crippen molar-refractivity contribution in [1.29, 1.82) is 0 Å². The number of pyridine rings is 1. The van der Waals surface area contributed by atoms with Crippen LogP contribution < -0.4 is 0 Å². The fourth-order valence-corrected chi connectivity index (χ4v) is 3.11. The molecule has 0 saturated heterocycles. The summed E-state index contributed by atoms with van der Waals surface area (Å²) in [7, 11) is -5.49. The summed E-state index contributed by atoms with van der Waals surface area (Å²) in [5.74, 6) is 0. The highest BCUT2D eigenvalue weighted by atomic mass is 32.2. The molecule has 0 fully saturated rings. The molecule has 0 bridgehead atoms. The van der Waals surface area contributed by atoms with E-state index in [1.54, 1.807) is 24.4 Å². The van der Waals surface area contributed by atoms with Gasteiger partial charge in [-0.2, -0.15) is 0 Å². The zero-order chi connectivity index (χ0) is 11.6. The van der Waals surface area contributed by atoms with Crippen LogP contribution in [0.2, 0.25) is 0 Å². The molecule has 1 aromatic heterocycles. The van der Waals surface area contributed by atoms with Gasteiger partial charge in [0, 0.05) is 16.5 Å². The maximum absolute atomic E-state index is 12.2. The summed E-state index contributed by atoms with van der Waals surface area (Å²) in [6.07, 6.45) is 1.59. The van der Waals surface area contributed by atoms with E-state index in [0.29, 0.717) is 10.4 Å². The van der Waals surface area contributed by atoms with Crippen molar-refractivity contribution in [2.75, 3.05) is 5.38 Å². The van der Waals surface area contributed by atoms with Gasteiger partial charge in [-0.25, -0.2) is 12.3 Å². The Morgan fingerprint density at radius 1 is 1.12 bits per heavy atom. The van der Waals surface area contributed by atoms with Crippen molar-refractivity contribution in [3.8, 4) is 0 Å². The second-order valence-electron chi connectivity index (χ2n) is 3.24. The van der Waals surface area contributed by atoms with Crippen LogP contribution in [0, 0.1) is 0 Å². The van der Waals surface area contributed by atoms with Gasteiger partial charge in [-0.1, -0.05) is 18.2 Å². The van der Waals surface area contributed by atoms with Crippen LogP contribution in [0.3, 0.4) is 0 Å². The maximum atomic E-state index is 12.2. The van der Waals surface area contributed by atoms with Gasteiger partial charge in [-0.15, -0.1) is 11.8 Å². The van der Waals surface area contributed by atoms with Gasteiger partial charge in [0.15, 0.2) is 0 Å². The van der Waals surface area contributed by atoms with Crippen LogP contribution in [0.1, 0.15) is 0 Å². The first kappa shape index (κ1) is 11.5. The molecule has 0 aliphatic rings. The average molecular weight is 259 g/mol. The summed E-state index contributed by atoms with van der Waals surface area (Å²) >= 11 is 0.831. The molecule has 0 aliphatic heterocycles. The number of nitrogens with zero attached hydrogens (tertiary/aromatic N) is 1. The molecule has 0 spiro atoms. The van der Waals surface area contributed by atoms with E-state index in [4.69, 9.17) is 0 Å². The molecular weight excluding hydrogens is 251 g/mol. The van der Waals surface area contributed by atoms with E-state index < -0.39 is 14.5 Å². The van der Waals surface area contributed by atoms with E-state index in [-0.39, 0.29) is 0 Å². The number of benzene rings is 1. The van der Waals surface area contributed by atoms with E-state index in [0.717, 1.165) is 17.1 Å². The quantitative estimate of drug-likeness (QED) is 0.473. The molecule has 1 nitrogen and oxygen atoms in total. The SMILES string of the molecule is F[Si](F)(F)CSc1cccc2cccnc12. The first-order chi connectivity index (χ1) is 7.56. The van der Waals surface area contributed by atoms with Crippen LogP contribution in [0.5, 0.6) is 0 Å². The summed E-state index contributed by atoms with van der Waals surface area (Å²) in [5, 5.41) is 0.124. The summed E-state index contributed by atoms with van der Waals surface area (Å²) < 4.78 is 36.7. The number of aromatic nitrogens is 1. The molecule has 2 aromatic rings. The molecule has 6 heteroatoms. The summed E-state index contributed by atoms with van der Waals surface area (Å²) in [5.41, 5.74) is 0.647. The molecule has 1 heterocycles.